The molecule has 98 valence electrons. The average molecular weight is 265 g/mol. The summed E-state index contributed by atoms with van der Waals surface area (Å²) in [4.78, 5) is 14.3. The van der Waals surface area contributed by atoms with Crippen LogP contribution in [0.1, 0.15) is 18.4 Å². The molecule has 0 spiro atoms. The van der Waals surface area contributed by atoms with Gasteiger partial charge in [-0.1, -0.05) is 37.3 Å². The fraction of sp³-hybridized carbons (Fsp3) is 0.500. The lowest BCUT2D eigenvalue weighted by molar-refractivity contribution is -0.141. The predicted molar refractivity (Wildman–Crippen MR) is 74.7 cm³/mol. The summed E-state index contributed by atoms with van der Waals surface area (Å²) in [7, 11) is 1.62. The van der Waals surface area contributed by atoms with E-state index in [1.54, 1.807) is 18.9 Å². The highest BCUT2D eigenvalue weighted by Gasteiger charge is 2.31. The standard InChI is InChI=1S/C14H19NO2S/c1-11(12-6-4-3-5-7-12)13(17-2)14(16)15-8-9-18-10-15/h3-7,11,13H,8-10H2,1-2H3. The number of carbonyl (C=O) groups is 1. The molecule has 0 saturated carbocycles. The van der Waals surface area contributed by atoms with Gasteiger partial charge in [-0.3, -0.25) is 4.79 Å². The summed E-state index contributed by atoms with van der Waals surface area (Å²) in [5.74, 6) is 2.01. The molecule has 1 aliphatic rings. The molecule has 0 bridgehead atoms. The Hall–Kier alpha value is -1.00. The first-order valence-corrected chi connectivity index (χ1v) is 7.33. The Kier molecular flexibility index (Phi) is 4.66. The molecule has 1 aromatic rings. The van der Waals surface area contributed by atoms with Gasteiger partial charge in [0.25, 0.3) is 5.91 Å². The van der Waals surface area contributed by atoms with Gasteiger partial charge in [-0.25, -0.2) is 0 Å². The van der Waals surface area contributed by atoms with E-state index in [-0.39, 0.29) is 17.9 Å². The Morgan fingerprint density at radius 2 is 2.11 bits per heavy atom. The molecular weight excluding hydrogens is 246 g/mol. The van der Waals surface area contributed by atoms with E-state index in [4.69, 9.17) is 4.74 Å². The number of nitrogens with zero attached hydrogens (tertiary/aromatic N) is 1. The van der Waals surface area contributed by atoms with Crippen molar-refractivity contribution in [2.75, 3.05) is 25.3 Å². The van der Waals surface area contributed by atoms with E-state index in [0.717, 1.165) is 23.7 Å². The van der Waals surface area contributed by atoms with Crippen molar-refractivity contribution in [3.05, 3.63) is 35.9 Å². The first kappa shape index (κ1) is 13.4. The maximum Gasteiger partial charge on any atom is 0.253 e. The fourth-order valence-electron chi connectivity index (χ4n) is 2.22. The monoisotopic (exact) mass is 265 g/mol. The van der Waals surface area contributed by atoms with E-state index >= 15 is 0 Å². The molecule has 0 radical (unpaired) electrons. The van der Waals surface area contributed by atoms with Crippen LogP contribution in [0.5, 0.6) is 0 Å². The molecule has 0 aromatic heterocycles. The second kappa shape index (κ2) is 6.25. The largest absolute Gasteiger partial charge is 0.371 e. The maximum absolute atomic E-state index is 12.4. The Balaban J connectivity index is 2.10. The molecule has 1 fully saturated rings. The number of rotatable bonds is 4. The maximum atomic E-state index is 12.4. The SMILES string of the molecule is COC(C(=O)N1CCSC1)C(C)c1ccccc1. The summed E-state index contributed by atoms with van der Waals surface area (Å²) in [6.45, 7) is 2.88. The van der Waals surface area contributed by atoms with Crippen LogP contribution in [-0.4, -0.2) is 42.2 Å². The van der Waals surface area contributed by atoms with Crippen LogP contribution >= 0.6 is 11.8 Å². The number of thioether (sulfide) groups is 1. The van der Waals surface area contributed by atoms with Crippen molar-refractivity contribution >= 4 is 17.7 Å². The van der Waals surface area contributed by atoms with Crippen molar-refractivity contribution in [1.82, 2.24) is 4.90 Å². The number of amides is 1. The van der Waals surface area contributed by atoms with Gasteiger partial charge in [-0.15, -0.1) is 11.8 Å². The average Bonchev–Trinajstić information content (AvgIpc) is 2.94. The molecule has 4 heteroatoms. The van der Waals surface area contributed by atoms with Gasteiger partial charge in [0.05, 0.1) is 5.88 Å². The summed E-state index contributed by atoms with van der Waals surface area (Å²) in [6, 6.07) is 10.1. The van der Waals surface area contributed by atoms with Crippen LogP contribution in [0.3, 0.4) is 0 Å². The molecule has 1 aliphatic heterocycles. The Morgan fingerprint density at radius 3 is 2.67 bits per heavy atom. The van der Waals surface area contributed by atoms with Crippen LogP contribution in [0.25, 0.3) is 0 Å². The zero-order valence-corrected chi connectivity index (χ0v) is 11.7. The molecule has 1 aromatic carbocycles. The third-order valence-electron chi connectivity index (χ3n) is 3.34. The van der Waals surface area contributed by atoms with Gasteiger partial charge in [0.1, 0.15) is 6.10 Å². The van der Waals surface area contributed by atoms with E-state index in [1.807, 2.05) is 42.2 Å². The van der Waals surface area contributed by atoms with Crippen LogP contribution < -0.4 is 0 Å². The van der Waals surface area contributed by atoms with E-state index < -0.39 is 0 Å². The fourth-order valence-corrected chi connectivity index (χ4v) is 3.17. The number of hydrogen-bond acceptors (Lipinski definition) is 3. The van der Waals surface area contributed by atoms with Gasteiger partial charge in [0, 0.05) is 25.3 Å². The molecule has 18 heavy (non-hydrogen) atoms. The van der Waals surface area contributed by atoms with E-state index in [9.17, 15) is 4.79 Å². The van der Waals surface area contributed by atoms with Gasteiger partial charge < -0.3 is 9.64 Å². The first-order chi connectivity index (χ1) is 8.74. The number of hydrogen-bond donors (Lipinski definition) is 0. The molecule has 2 rings (SSSR count). The molecule has 0 aliphatic carbocycles. The highest BCUT2D eigenvalue weighted by Crippen LogP contribution is 2.24. The van der Waals surface area contributed by atoms with Crippen LogP contribution in [0.4, 0.5) is 0 Å². The summed E-state index contributed by atoms with van der Waals surface area (Å²) >= 11 is 1.80. The molecule has 1 amide bonds. The smallest absolute Gasteiger partial charge is 0.253 e. The van der Waals surface area contributed by atoms with Crippen LogP contribution in [-0.2, 0) is 9.53 Å². The lowest BCUT2D eigenvalue weighted by Crippen LogP contribution is -2.41. The van der Waals surface area contributed by atoms with E-state index in [2.05, 4.69) is 0 Å². The van der Waals surface area contributed by atoms with Crippen molar-refractivity contribution in [2.45, 2.75) is 18.9 Å². The molecule has 2 atom stereocenters. The summed E-state index contributed by atoms with van der Waals surface area (Å²) < 4.78 is 5.44. The molecule has 1 saturated heterocycles. The molecule has 3 nitrogen and oxygen atoms in total. The Morgan fingerprint density at radius 1 is 1.39 bits per heavy atom. The minimum Gasteiger partial charge on any atom is -0.371 e. The number of ether oxygens (including phenoxy) is 1. The second-order valence-electron chi connectivity index (χ2n) is 4.49. The van der Waals surface area contributed by atoms with Crippen LogP contribution in [0, 0.1) is 0 Å². The highest BCUT2D eigenvalue weighted by atomic mass is 32.2. The quantitative estimate of drug-likeness (QED) is 0.837. The van der Waals surface area contributed by atoms with Gasteiger partial charge >= 0.3 is 0 Å². The van der Waals surface area contributed by atoms with Gasteiger partial charge in [0.2, 0.25) is 0 Å². The van der Waals surface area contributed by atoms with Crippen molar-refractivity contribution in [1.29, 1.82) is 0 Å². The first-order valence-electron chi connectivity index (χ1n) is 6.18. The Labute approximate surface area is 113 Å². The Bertz CT molecular complexity index is 390. The molecule has 2 unspecified atom stereocenters. The number of benzene rings is 1. The zero-order valence-electron chi connectivity index (χ0n) is 10.8. The van der Waals surface area contributed by atoms with Crippen molar-refractivity contribution in [2.24, 2.45) is 0 Å². The second-order valence-corrected chi connectivity index (χ2v) is 5.57. The van der Waals surface area contributed by atoms with Gasteiger partial charge in [-0.2, -0.15) is 0 Å². The van der Waals surface area contributed by atoms with Crippen LogP contribution in [0.15, 0.2) is 30.3 Å². The third kappa shape index (κ3) is 2.87. The zero-order chi connectivity index (χ0) is 13.0. The normalized spacial score (nSPS) is 18.7. The van der Waals surface area contributed by atoms with E-state index in [0.29, 0.717) is 0 Å². The minimum atomic E-state index is -0.383. The predicted octanol–water partition coefficient (Wildman–Crippen LogP) is 2.34. The summed E-state index contributed by atoms with van der Waals surface area (Å²) in [5.41, 5.74) is 1.14. The van der Waals surface area contributed by atoms with Gasteiger partial charge in [-0.05, 0) is 5.56 Å². The topological polar surface area (TPSA) is 29.5 Å². The van der Waals surface area contributed by atoms with Gasteiger partial charge in [0.15, 0.2) is 0 Å². The molecule has 0 N–H and O–H groups in total. The summed E-state index contributed by atoms with van der Waals surface area (Å²) in [6.07, 6.45) is -0.383. The van der Waals surface area contributed by atoms with E-state index in [1.165, 1.54) is 0 Å². The molecule has 1 heterocycles. The van der Waals surface area contributed by atoms with Crippen molar-refractivity contribution in [3.8, 4) is 0 Å². The van der Waals surface area contributed by atoms with Crippen molar-refractivity contribution in [3.63, 3.8) is 0 Å². The highest BCUT2D eigenvalue weighted by molar-refractivity contribution is 7.99. The van der Waals surface area contributed by atoms with Crippen LogP contribution in [0.2, 0.25) is 0 Å². The number of methoxy groups -OCH3 is 1. The molecular formula is C14H19NO2S. The lowest BCUT2D eigenvalue weighted by Gasteiger charge is -2.26. The third-order valence-corrected chi connectivity index (χ3v) is 4.31. The lowest BCUT2D eigenvalue weighted by atomic mass is 9.94. The number of carbonyl (C=O) groups excluding carboxylic acids is 1. The van der Waals surface area contributed by atoms with Crippen molar-refractivity contribution < 1.29 is 9.53 Å². The minimum absolute atomic E-state index is 0.0781. The summed E-state index contributed by atoms with van der Waals surface area (Å²) in [5, 5.41) is 0.